The first kappa shape index (κ1) is 20.1. The summed E-state index contributed by atoms with van der Waals surface area (Å²) in [5, 5.41) is 7.44. The number of aromatic nitrogens is 3. The number of nitrogens with zero attached hydrogens (tertiary/aromatic N) is 4. The molecule has 1 saturated heterocycles. The highest BCUT2D eigenvalue weighted by Crippen LogP contribution is 2.19. The first-order valence-corrected chi connectivity index (χ1v) is 9.91. The Hall–Kier alpha value is -2.64. The van der Waals surface area contributed by atoms with Crippen LogP contribution in [0.2, 0.25) is 0 Å². The van der Waals surface area contributed by atoms with Gasteiger partial charge in [0.15, 0.2) is 12.1 Å². The van der Waals surface area contributed by atoms with Gasteiger partial charge in [-0.3, -0.25) is 14.3 Å². The number of piperidine rings is 1. The van der Waals surface area contributed by atoms with Crippen LogP contribution < -0.4 is 5.32 Å². The highest BCUT2D eigenvalue weighted by atomic mass is 16.3. The number of carbonyl (C=O) groups excluding carboxylic acids is 2. The lowest BCUT2D eigenvalue weighted by atomic mass is 9.97. The number of likely N-dealkylation sites (tertiary alicyclic amines) is 1. The van der Waals surface area contributed by atoms with Crippen LogP contribution in [0.3, 0.4) is 0 Å². The van der Waals surface area contributed by atoms with Crippen molar-refractivity contribution in [1.29, 1.82) is 0 Å². The van der Waals surface area contributed by atoms with Crippen LogP contribution >= 0.6 is 0 Å². The van der Waals surface area contributed by atoms with Crippen molar-refractivity contribution in [3.63, 3.8) is 0 Å². The van der Waals surface area contributed by atoms with Gasteiger partial charge in [-0.25, -0.2) is 4.98 Å². The Morgan fingerprint density at radius 3 is 2.82 bits per heavy atom. The van der Waals surface area contributed by atoms with Gasteiger partial charge in [0.1, 0.15) is 5.76 Å². The number of aryl methyl sites for hydroxylation is 4. The summed E-state index contributed by atoms with van der Waals surface area (Å²) in [4.78, 5) is 30.6. The normalized spacial score (nSPS) is 17.0. The summed E-state index contributed by atoms with van der Waals surface area (Å²) in [6, 6.07) is 2.04. The maximum absolute atomic E-state index is 12.6. The minimum Gasteiger partial charge on any atom is -0.448 e. The SMILES string of the molecule is Cc1cc(C)n(CCCC(=O)NCC2CCCN(C(=O)c3ncoc3C)C2)n1. The van der Waals surface area contributed by atoms with Crippen molar-refractivity contribution in [2.75, 3.05) is 19.6 Å². The molecule has 3 heterocycles. The van der Waals surface area contributed by atoms with Crippen molar-refractivity contribution in [3.8, 4) is 0 Å². The standard InChI is InChI=1S/C20H29N5O3/c1-14-10-15(2)25(23-14)9-5-7-18(26)21-11-17-6-4-8-24(12-17)20(27)19-16(3)28-13-22-19/h10,13,17H,4-9,11-12H2,1-3H3,(H,21,26). The fourth-order valence-electron chi connectivity index (χ4n) is 3.71. The lowest BCUT2D eigenvalue weighted by Crippen LogP contribution is -2.44. The van der Waals surface area contributed by atoms with Gasteiger partial charge in [-0.05, 0) is 52.0 Å². The number of rotatable bonds is 7. The third kappa shape index (κ3) is 4.99. The highest BCUT2D eigenvalue weighted by Gasteiger charge is 2.27. The Kier molecular flexibility index (Phi) is 6.49. The van der Waals surface area contributed by atoms with Crippen molar-refractivity contribution in [2.24, 2.45) is 5.92 Å². The largest absolute Gasteiger partial charge is 0.448 e. The second-order valence-electron chi connectivity index (χ2n) is 7.57. The van der Waals surface area contributed by atoms with E-state index in [2.05, 4.69) is 15.4 Å². The molecule has 28 heavy (non-hydrogen) atoms. The molecule has 1 aliphatic rings. The molecule has 1 aliphatic heterocycles. The average Bonchev–Trinajstić information content (AvgIpc) is 3.24. The van der Waals surface area contributed by atoms with E-state index < -0.39 is 0 Å². The van der Waals surface area contributed by atoms with Crippen LogP contribution in [-0.4, -0.2) is 51.1 Å². The third-order valence-electron chi connectivity index (χ3n) is 5.22. The molecular formula is C20H29N5O3. The van der Waals surface area contributed by atoms with E-state index in [0.717, 1.165) is 43.7 Å². The predicted octanol–water partition coefficient (Wildman–Crippen LogP) is 2.25. The third-order valence-corrected chi connectivity index (χ3v) is 5.22. The van der Waals surface area contributed by atoms with Crippen LogP contribution in [0.15, 0.2) is 16.9 Å². The summed E-state index contributed by atoms with van der Waals surface area (Å²) in [7, 11) is 0. The second-order valence-corrected chi connectivity index (χ2v) is 7.57. The van der Waals surface area contributed by atoms with Crippen LogP contribution in [0.25, 0.3) is 0 Å². The maximum Gasteiger partial charge on any atom is 0.276 e. The highest BCUT2D eigenvalue weighted by molar-refractivity contribution is 5.93. The van der Waals surface area contributed by atoms with E-state index in [1.165, 1.54) is 6.39 Å². The van der Waals surface area contributed by atoms with E-state index in [0.29, 0.717) is 31.0 Å². The minimum absolute atomic E-state index is 0.0531. The molecule has 8 heteroatoms. The molecule has 2 amide bonds. The van der Waals surface area contributed by atoms with E-state index in [1.807, 2.05) is 29.5 Å². The molecule has 2 aromatic heterocycles. The molecule has 0 aliphatic carbocycles. The van der Waals surface area contributed by atoms with Crippen molar-refractivity contribution in [3.05, 3.63) is 35.3 Å². The summed E-state index contributed by atoms with van der Waals surface area (Å²) in [6.45, 7) is 8.44. The summed E-state index contributed by atoms with van der Waals surface area (Å²) >= 11 is 0. The van der Waals surface area contributed by atoms with Gasteiger partial charge in [-0.2, -0.15) is 5.10 Å². The lowest BCUT2D eigenvalue weighted by molar-refractivity contribution is -0.121. The molecule has 0 bridgehead atoms. The predicted molar refractivity (Wildman–Crippen MR) is 104 cm³/mol. The number of hydrogen-bond donors (Lipinski definition) is 1. The minimum atomic E-state index is -0.0906. The first-order chi connectivity index (χ1) is 13.4. The van der Waals surface area contributed by atoms with E-state index in [1.54, 1.807) is 6.92 Å². The quantitative estimate of drug-likeness (QED) is 0.786. The van der Waals surface area contributed by atoms with E-state index in [4.69, 9.17) is 4.42 Å². The second kappa shape index (κ2) is 9.03. The zero-order chi connectivity index (χ0) is 20.1. The number of oxazole rings is 1. The average molecular weight is 387 g/mol. The number of nitrogens with one attached hydrogen (secondary N) is 1. The molecule has 1 atom stereocenters. The summed E-state index contributed by atoms with van der Waals surface area (Å²) in [5.41, 5.74) is 2.50. The van der Waals surface area contributed by atoms with E-state index in [9.17, 15) is 9.59 Å². The fourth-order valence-corrected chi connectivity index (χ4v) is 3.71. The molecular weight excluding hydrogens is 358 g/mol. The number of carbonyl (C=O) groups is 2. The molecule has 0 saturated carbocycles. The van der Waals surface area contributed by atoms with Crippen molar-refractivity contribution < 1.29 is 14.0 Å². The Bertz CT molecular complexity index is 826. The summed E-state index contributed by atoms with van der Waals surface area (Å²) < 4.78 is 7.08. The van der Waals surface area contributed by atoms with Gasteiger partial charge in [0.05, 0.1) is 5.69 Å². The molecule has 152 valence electrons. The van der Waals surface area contributed by atoms with Gasteiger partial charge in [-0.1, -0.05) is 0 Å². The van der Waals surface area contributed by atoms with E-state index in [-0.39, 0.29) is 17.7 Å². The van der Waals surface area contributed by atoms with Gasteiger partial charge in [0.2, 0.25) is 5.91 Å². The van der Waals surface area contributed by atoms with Crippen molar-refractivity contribution in [1.82, 2.24) is 25.0 Å². The van der Waals surface area contributed by atoms with Gasteiger partial charge >= 0.3 is 0 Å². The molecule has 1 fully saturated rings. The zero-order valence-electron chi connectivity index (χ0n) is 16.9. The monoisotopic (exact) mass is 387 g/mol. The van der Waals surface area contributed by atoms with Gasteiger partial charge < -0.3 is 14.6 Å². The Labute approximate surface area is 165 Å². The van der Waals surface area contributed by atoms with Crippen LogP contribution in [0, 0.1) is 26.7 Å². The fraction of sp³-hybridized carbons (Fsp3) is 0.600. The van der Waals surface area contributed by atoms with E-state index >= 15 is 0 Å². The molecule has 3 rings (SSSR count). The van der Waals surface area contributed by atoms with Crippen LogP contribution in [0.5, 0.6) is 0 Å². The Morgan fingerprint density at radius 2 is 2.14 bits per heavy atom. The van der Waals surface area contributed by atoms with Crippen LogP contribution in [0.4, 0.5) is 0 Å². The summed E-state index contributed by atoms with van der Waals surface area (Å²) in [6.07, 6.45) is 4.48. The van der Waals surface area contributed by atoms with Crippen molar-refractivity contribution >= 4 is 11.8 Å². The molecule has 0 radical (unpaired) electrons. The van der Waals surface area contributed by atoms with Gasteiger partial charge in [0, 0.05) is 38.3 Å². The summed E-state index contributed by atoms with van der Waals surface area (Å²) in [5.74, 6) is 0.775. The zero-order valence-corrected chi connectivity index (χ0v) is 16.9. The topological polar surface area (TPSA) is 93.3 Å². The first-order valence-electron chi connectivity index (χ1n) is 9.91. The molecule has 0 aromatic carbocycles. The number of hydrogen-bond acceptors (Lipinski definition) is 5. The molecule has 1 unspecified atom stereocenters. The smallest absolute Gasteiger partial charge is 0.276 e. The van der Waals surface area contributed by atoms with Crippen LogP contribution in [-0.2, 0) is 11.3 Å². The van der Waals surface area contributed by atoms with Crippen molar-refractivity contribution in [2.45, 2.75) is 53.0 Å². The Balaban J connectivity index is 1.40. The van der Waals surface area contributed by atoms with Gasteiger partial charge in [0.25, 0.3) is 5.91 Å². The Morgan fingerprint density at radius 1 is 1.32 bits per heavy atom. The van der Waals surface area contributed by atoms with Gasteiger partial charge in [-0.15, -0.1) is 0 Å². The molecule has 2 aromatic rings. The molecule has 8 nitrogen and oxygen atoms in total. The number of amides is 2. The van der Waals surface area contributed by atoms with Crippen LogP contribution in [0.1, 0.15) is 53.3 Å². The molecule has 1 N–H and O–H groups in total. The lowest BCUT2D eigenvalue weighted by Gasteiger charge is -2.32. The maximum atomic E-state index is 12.6. The molecule has 0 spiro atoms.